The smallest absolute Gasteiger partial charge is 0.270 e. The fraction of sp³-hybridized carbons (Fsp3) is 0.647. The highest BCUT2D eigenvalue weighted by Crippen LogP contribution is 2.38. The lowest BCUT2D eigenvalue weighted by Gasteiger charge is -2.30. The molecule has 4 heterocycles. The summed E-state index contributed by atoms with van der Waals surface area (Å²) < 4.78 is 5.63. The van der Waals surface area contributed by atoms with Crippen LogP contribution in [0.3, 0.4) is 0 Å². The lowest BCUT2D eigenvalue weighted by molar-refractivity contribution is 0.0904. The number of piperidine rings is 1. The number of rotatable bonds is 2. The van der Waals surface area contributed by atoms with Crippen molar-refractivity contribution in [3.05, 3.63) is 23.5 Å². The third-order valence-electron chi connectivity index (χ3n) is 5.22. The average Bonchev–Trinajstić information content (AvgIpc) is 2.98. The number of nitrogens with one attached hydrogen (secondary N) is 1. The van der Waals surface area contributed by atoms with Crippen LogP contribution in [-0.4, -0.2) is 48.1 Å². The summed E-state index contributed by atoms with van der Waals surface area (Å²) >= 11 is 0. The van der Waals surface area contributed by atoms with Crippen molar-refractivity contribution < 1.29 is 9.53 Å². The van der Waals surface area contributed by atoms with Gasteiger partial charge in [-0.15, -0.1) is 0 Å². The van der Waals surface area contributed by atoms with E-state index in [1.165, 1.54) is 19.5 Å². The summed E-state index contributed by atoms with van der Waals surface area (Å²) in [4.78, 5) is 19.3. The number of aromatic nitrogens is 1. The second-order valence-corrected chi connectivity index (χ2v) is 7.56. The maximum Gasteiger partial charge on any atom is 0.270 e. The number of pyridine rings is 1. The van der Waals surface area contributed by atoms with Gasteiger partial charge in [-0.1, -0.05) is 13.8 Å². The standard InChI is InChI=1S/C17H23N3O2/c1-17(2)10-22-15-7-18-14(6-13(15)17)16(21)19-12-5-11-3-4-20(8-11)9-12/h6-7,11-12H,3-5,8-10H2,1-2H3,(H,19,21)/t11?,12-/m1/s1. The molecule has 1 aromatic heterocycles. The predicted octanol–water partition coefficient (Wildman–Crippen LogP) is 1.58. The Hall–Kier alpha value is -1.62. The molecule has 3 aliphatic rings. The number of nitrogens with zero attached hydrogens (tertiary/aromatic N) is 2. The fourth-order valence-corrected chi connectivity index (χ4v) is 3.97. The Bertz CT molecular complexity index is 602. The zero-order valence-corrected chi connectivity index (χ0v) is 13.3. The second-order valence-electron chi connectivity index (χ2n) is 7.56. The van der Waals surface area contributed by atoms with Gasteiger partial charge in [0.25, 0.3) is 5.91 Å². The third kappa shape index (κ3) is 2.37. The van der Waals surface area contributed by atoms with Crippen LogP contribution in [-0.2, 0) is 5.41 Å². The fourth-order valence-electron chi connectivity index (χ4n) is 3.97. The molecule has 5 heteroatoms. The Labute approximate surface area is 131 Å². The normalized spacial score (nSPS) is 31.5. The number of ether oxygens (including phenoxy) is 1. The van der Waals surface area contributed by atoms with Gasteiger partial charge in [-0.05, 0) is 31.4 Å². The van der Waals surface area contributed by atoms with Crippen LogP contribution in [0.5, 0.6) is 5.75 Å². The number of hydrogen-bond acceptors (Lipinski definition) is 4. The molecule has 0 aromatic carbocycles. The van der Waals surface area contributed by atoms with Gasteiger partial charge in [0, 0.05) is 30.1 Å². The van der Waals surface area contributed by atoms with E-state index in [0.717, 1.165) is 30.2 Å². The van der Waals surface area contributed by atoms with Crippen molar-refractivity contribution in [3.8, 4) is 5.75 Å². The van der Waals surface area contributed by atoms with Crippen LogP contribution in [0, 0.1) is 5.92 Å². The molecular formula is C17H23N3O2. The monoisotopic (exact) mass is 301 g/mol. The third-order valence-corrected chi connectivity index (χ3v) is 5.22. The van der Waals surface area contributed by atoms with Gasteiger partial charge in [0.05, 0.1) is 12.8 Å². The zero-order chi connectivity index (χ0) is 15.3. The maximum atomic E-state index is 12.5. The van der Waals surface area contributed by atoms with Gasteiger partial charge in [0.1, 0.15) is 11.4 Å². The Morgan fingerprint density at radius 3 is 3.14 bits per heavy atom. The number of carbonyl (C=O) groups excluding carboxylic acids is 1. The number of fused-ring (bicyclic) bond motifs is 3. The molecule has 0 spiro atoms. The summed E-state index contributed by atoms with van der Waals surface area (Å²) in [5.41, 5.74) is 1.54. The van der Waals surface area contributed by atoms with Crippen LogP contribution < -0.4 is 10.1 Å². The Morgan fingerprint density at radius 1 is 1.45 bits per heavy atom. The topological polar surface area (TPSA) is 54.5 Å². The Morgan fingerprint density at radius 2 is 2.32 bits per heavy atom. The van der Waals surface area contributed by atoms with Crippen LogP contribution in [0.1, 0.15) is 42.7 Å². The molecule has 2 fully saturated rings. The van der Waals surface area contributed by atoms with Crippen molar-refractivity contribution in [2.45, 2.75) is 38.1 Å². The van der Waals surface area contributed by atoms with E-state index in [4.69, 9.17) is 4.74 Å². The minimum absolute atomic E-state index is 0.0526. The van der Waals surface area contributed by atoms with Gasteiger partial charge in [-0.3, -0.25) is 4.79 Å². The molecule has 0 saturated carbocycles. The van der Waals surface area contributed by atoms with E-state index < -0.39 is 0 Å². The summed E-state index contributed by atoms with van der Waals surface area (Å²) in [7, 11) is 0. The summed E-state index contributed by atoms with van der Waals surface area (Å²) in [6.07, 6.45) is 4.06. The maximum absolute atomic E-state index is 12.5. The molecule has 2 unspecified atom stereocenters. The van der Waals surface area contributed by atoms with Gasteiger partial charge >= 0.3 is 0 Å². The van der Waals surface area contributed by atoms with Crippen molar-refractivity contribution in [2.24, 2.45) is 5.92 Å². The Kier molecular flexibility index (Phi) is 3.15. The quantitative estimate of drug-likeness (QED) is 0.901. The van der Waals surface area contributed by atoms with Crippen molar-refractivity contribution >= 4 is 5.91 Å². The molecule has 4 rings (SSSR count). The molecule has 0 radical (unpaired) electrons. The highest BCUT2D eigenvalue weighted by molar-refractivity contribution is 5.93. The van der Waals surface area contributed by atoms with E-state index in [2.05, 4.69) is 29.0 Å². The summed E-state index contributed by atoms with van der Waals surface area (Å²) in [6.45, 7) is 8.27. The van der Waals surface area contributed by atoms with Crippen molar-refractivity contribution in [1.82, 2.24) is 15.2 Å². The van der Waals surface area contributed by atoms with Gasteiger partial charge in [-0.25, -0.2) is 4.98 Å². The van der Waals surface area contributed by atoms with Crippen LogP contribution >= 0.6 is 0 Å². The molecule has 5 nitrogen and oxygen atoms in total. The van der Waals surface area contributed by atoms with Crippen molar-refractivity contribution in [1.29, 1.82) is 0 Å². The lowest BCUT2D eigenvalue weighted by atomic mass is 9.87. The molecule has 1 aromatic rings. The van der Waals surface area contributed by atoms with Gasteiger partial charge in [0.2, 0.25) is 0 Å². The first-order chi connectivity index (χ1) is 10.5. The highest BCUT2D eigenvalue weighted by atomic mass is 16.5. The molecule has 22 heavy (non-hydrogen) atoms. The van der Waals surface area contributed by atoms with E-state index in [0.29, 0.717) is 12.3 Å². The molecule has 2 saturated heterocycles. The summed E-state index contributed by atoms with van der Waals surface area (Å²) in [5.74, 6) is 1.50. The van der Waals surface area contributed by atoms with Crippen molar-refractivity contribution in [3.63, 3.8) is 0 Å². The van der Waals surface area contributed by atoms with E-state index in [9.17, 15) is 4.79 Å². The van der Waals surface area contributed by atoms with Gasteiger partial charge in [-0.2, -0.15) is 0 Å². The number of amides is 1. The SMILES string of the molecule is CC1(C)COc2cnc(C(=O)N[C@@H]3CC4CCN(C4)C3)cc21. The lowest BCUT2D eigenvalue weighted by Crippen LogP contribution is -2.47. The van der Waals surface area contributed by atoms with E-state index in [-0.39, 0.29) is 17.4 Å². The first-order valence-corrected chi connectivity index (χ1v) is 8.18. The molecule has 1 N–H and O–H groups in total. The number of hydrogen-bond donors (Lipinski definition) is 1. The molecular weight excluding hydrogens is 278 g/mol. The van der Waals surface area contributed by atoms with Crippen LogP contribution in [0.25, 0.3) is 0 Å². The summed E-state index contributed by atoms with van der Waals surface area (Å²) in [5, 5.41) is 3.17. The molecule has 3 aliphatic heterocycles. The molecule has 3 atom stereocenters. The predicted molar refractivity (Wildman–Crippen MR) is 83.2 cm³/mol. The zero-order valence-electron chi connectivity index (χ0n) is 13.3. The highest BCUT2D eigenvalue weighted by Gasteiger charge is 2.35. The second kappa shape index (κ2) is 4.95. The molecule has 2 bridgehead atoms. The van der Waals surface area contributed by atoms with Gasteiger partial charge < -0.3 is 15.0 Å². The van der Waals surface area contributed by atoms with Crippen molar-refractivity contribution in [2.75, 3.05) is 26.2 Å². The first kappa shape index (κ1) is 14.0. The summed E-state index contributed by atoms with van der Waals surface area (Å²) in [6, 6.07) is 2.16. The van der Waals surface area contributed by atoms with E-state index >= 15 is 0 Å². The van der Waals surface area contributed by atoms with E-state index in [1.54, 1.807) is 6.20 Å². The molecule has 0 aliphatic carbocycles. The molecule has 1 amide bonds. The Balaban J connectivity index is 1.49. The minimum Gasteiger partial charge on any atom is -0.491 e. The number of carbonyl (C=O) groups is 1. The van der Waals surface area contributed by atoms with Crippen LogP contribution in [0.15, 0.2) is 12.3 Å². The largest absolute Gasteiger partial charge is 0.491 e. The molecule has 118 valence electrons. The van der Waals surface area contributed by atoms with Crippen LogP contribution in [0.2, 0.25) is 0 Å². The average molecular weight is 301 g/mol. The van der Waals surface area contributed by atoms with Gasteiger partial charge in [0.15, 0.2) is 0 Å². The van der Waals surface area contributed by atoms with E-state index in [1.807, 2.05) is 6.07 Å². The van der Waals surface area contributed by atoms with Crippen LogP contribution in [0.4, 0.5) is 0 Å². The minimum atomic E-state index is -0.0574. The first-order valence-electron chi connectivity index (χ1n) is 8.18.